The molecule has 1 aliphatic heterocycles. The highest BCUT2D eigenvalue weighted by molar-refractivity contribution is 6.34. The topological polar surface area (TPSA) is 53.5 Å². The quantitative estimate of drug-likeness (QED) is 0.732. The molecule has 2 amide bonds. The van der Waals surface area contributed by atoms with E-state index in [1.165, 1.54) is 0 Å². The highest BCUT2D eigenvalue weighted by Crippen LogP contribution is 2.26. The minimum atomic E-state index is -0.620. The molecule has 0 bridgehead atoms. The first-order chi connectivity index (χ1) is 12.8. The third-order valence-corrected chi connectivity index (χ3v) is 5.41. The zero-order chi connectivity index (χ0) is 19.6. The van der Waals surface area contributed by atoms with Gasteiger partial charge in [0, 0.05) is 26.2 Å². The molecule has 5 nitrogen and oxygen atoms in total. The van der Waals surface area contributed by atoms with Crippen LogP contribution in [0.25, 0.3) is 0 Å². The SMILES string of the molecule is CC(C)(C(=O)N1CCN(C(=O)c2nc(Cl)ccc2Cl)CC1)c1ccccc1. The van der Waals surface area contributed by atoms with Crippen molar-refractivity contribution in [3.8, 4) is 0 Å². The molecule has 1 aromatic heterocycles. The fourth-order valence-electron chi connectivity index (χ4n) is 3.20. The summed E-state index contributed by atoms with van der Waals surface area (Å²) >= 11 is 12.0. The fraction of sp³-hybridized carbons (Fsp3) is 0.350. The number of halogens is 2. The number of benzene rings is 1. The summed E-state index contributed by atoms with van der Waals surface area (Å²) in [7, 11) is 0. The van der Waals surface area contributed by atoms with Crippen molar-refractivity contribution in [2.24, 2.45) is 0 Å². The maximum Gasteiger partial charge on any atom is 0.274 e. The van der Waals surface area contributed by atoms with Gasteiger partial charge in [0.15, 0.2) is 0 Å². The normalized spacial score (nSPS) is 15.0. The van der Waals surface area contributed by atoms with Crippen LogP contribution in [0.2, 0.25) is 10.2 Å². The van der Waals surface area contributed by atoms with Crippen molar-refractivity contribution in [2.75, 3.05) is 26.2 Å². The minimum absolute atomic E-state index is 0.0553. The lowest BCUT2D eigenvalue weighted by atomic mass is 9.83. The molecule has 0 N–H and O–H groups in total. The van der Waals surface area contributed by atoms with Gasteiger partial charge in [0.1, 0.15) is 10.8 Å². The third kappa shape index (κ3) is 4.09. The number of aromatic nitrogens is 1. The van der Waals surface area contributed by atoms with Crippen LogP contribution in [0.4, 0.5) is 0 Å². The summed E-state index contributed by atoms with van der Waals surface area (Å²) in [6.07, 6.45) is 0. The summed E-state index contributed by atoms with van der Waals surface area (Å²) in [6, 6.07) is 12.8. The number of rotatable bonds is 3. The van der Waals surface area contributed by atoms with Crippen LogP contribution in [0.1, 0.15) is 29.9 Å². The van der Waals surface area contributed by atoms with E-state index in [2.05, 4.69) is 4.98 Å². The van der Waals surface area contributed by atoms with Gasteiger partial charge in [0.25, 0.3) is 5.91 Å². The van der Waals surface area contributed by atoms with Gasteiger partial charge in [-0.3, -0.25) is 9.59 Å². The molecule has 1 aliphatic rings. The molecular formula is C20H21Cl2N3O2. The van der Waals surface area contributed by atoms with Crippen LogP contribution >= 0.6 is 23.2 Å². The predicted molar refractivity (Wildman–Crippen MR) is 106 cm³/mol. The number of carbonyl (C=O) groups excluding carboxylic acids is 2. The number of carbonyl (C=O) groups is 2. The van der Waals surface area contributed by atoms with Gasteiger partial charge in [0.05, 0.1) is 10.4 Å². The van der Waals surface area contributed by atoms with E-state index < -0.39 is 5.41 Å². The Kier molecular flexibility index (Phi) is 5.72. The zero-order valence-electron chi connectivity index (χ0n) is 15.3. The highest BCUT2D eigenvalue weighted by atomic mass is 35.5. The van der Waals surface area contributed by atoms with Crippen molar-refractivity contribution in [2.45, 2.75) is 19.3 Å². The molecule has 1 saturated heterocycles. The maximum absolute atomic E-state index is 13.0. The molecule has 1 aromatic carbocycles. The molecule has 0 aliphatic carbocycles. The molecule has 142 valence electrons. The molecular weight excluding hydrogens is 385 g/mol. The second kappa shape index (κ2) is 7.87. The van der Waals surface area contributed by atoms with Crippen LogP contribution in [0, 0.1) is 0 Å². The van der Waals surface area contributed by atoms with Crippen molar-refractivity contribution in [3.63, 3.8) is 0 Å². The molecule has 2 heterocycles. The van der Waals surface area contributed by atoms with Gasteiger partial charge in [-0.1, -0.05) is 53.5 Å². The van der Waals surface area contributed by atoms with Crippen LogP contribution in [0.3, 0.4) is 0 Å². The number of pyridine rings is 1. The first kappa shape index (κ1) is 19.6. The van der Waals surface area contributed by atoms with Gasteiger partial charge in [-0.2, -0.15) is 0 Å². The lowest BCUT2D eigenvalue weighted by Gasteiger charge is -2.38. The van der Waals surface area contributed by atoms with Crippen LogP contribution in [-0.4, -0.2) is 52.8 Å². The number of piperazine rings is 1. The summed E-state index contributed by atoms with van der Waals surface area (Å²) in [6.45, 7) is 5.66. The molecule has 7 heteroatoms. The smallest absolute Gasteiger partial charge is 0.274 e. The summed E-state index contributed by atoms with van der Waals surface area (Å²) in [5.41, 5.74) is 0.502. The molecule has 3 rings (SSSR count). The zero-order valence-corrected chi connectivity index (χ0v) is 16.8. The van der Waals surface area contributed by atoms with Crippen molar-refractivity contribution >= 4 is 35.0 Å². The molecule has 0 atom stereocenters. The van der Waals surface area contributed by atoms with E-state index in [1.807, 2.05) is 49.1 Å². The number of amides is 2. The average molecular weight is 406 g/mol. The predicted octanol–water partition coefficient (Wildman–Crippen LogP) is 3.65. The molecule has 0 radical (unpaired) electrons. The Bertz CT molecular complexity index is 848. The van der Waals surface area contributed by atoms with Crippen LogP contribution < -0.4 is 0 Å². The second-order valence-electron chi connectivity index (χ2n) is 7.04. The van der Waals surface area contributed by atoms with E-state index in [9.17, 15) is 9.59 Å². The largest absolute Gasteiger partial charge is 0.338 e. The molecule has 0 unspecified atom stereocenters. The summed E-state index contributed by atoms with van der Waals surface area (Å²) < 4.78 is 0. The van der Waals surface area contributed by atoms with Gasteiger partial charge >= 0.3 is 0 Å². The van der Waals surface area contributed by atoms with Gasteiger partial charge < -0.3 is 9.80 Å². The molecule has 1 fully saturated rings. The van der Waals surface area contributed by atoms with Gasteiger partial charge in [0.2, 0.25) is 5.91 Å². The molecule has 0 spiro atoms. The Hall–Kier alpha value is -2.11. The summed E-state index contributed by atoms with van der Waals surface area (Å²) in [5.74, 6) is -0.211. The van der Waals surface area contributed by atoms with Crippen molar-refractivity contribution in [3.05, 3.63) is 63.9 Å². The van der Waals surface area contributed by atoms with Crippen LogP contribution in [0.5, 0.6) is 0 Å². The molecule has 27 heavy (non-hydrogen) atoms. The van der Waals surface area contributed by atoms with Crippen LogP contribution in [0.15, 0.2) is 42.5 Å². The molecule has 0 saturated carbocycles. The van der Waals surface area contributed by atoms with E-state index in [-0.39, 0.29) is 27.7 Å². The van der Waals surface area contributed by atoms with E-state index in [1.54, 1.807) is 17.0 Å². The highest BCUT2D eigenvalue weighted by Gasteiger charge is 2.36. The number of hydrogen-bond donors (Lipinski definition) is 0. The maximum atomic E-state index is 13.0. The van der Waals surface area contributed by atoms with E-state index in [0.29, 0.717) is 26.2 Å². The van der Waals surface area contributed by atoms with Crippen LogP contribution in [-0.2, 0) is 10.2 Å². The van der Waals surface area contributed by atoms with Crippen molar-refractivity contribution < 1.29 is 9.59 Å². The molecule has 2 aromatic rings. The van der Waals surface area contributed by atoms with Gasteiger partial charge in [-0.05, 0) is 31.5 Å². The first-order valence-electron chi connectivity index (χ1n) is 8.77. The summed E-state index contributed by atoms with van der Waals surface area (Å²) in [5, 5.41) is 0.495. The van der Waals surface area contributed by atoms with E-state index in [0.717, 1.165) is 5.56 Å². The monoisotopic (exact) mass is 405 g/mol. The van der Waals surface area contributed by atoms with Gasteiger partial charge in [-0.25, -0.2) is 4.98 Å². The second-order valence-corrected chi connectivity index (χ2v) is 7.83. The lowest BCUT2D eigenvalue weighted by molar-refractivity contribution is -0.137. The average Bonchev–Trinajstić information content (AvgIpc) is 2.69. The number of nitrogens with zero attached hydrogens (tertiary/aromatic N) is 3. The van der Waals surface area contributed by atoms with E-state index >= 15 is 0 Å². The van der Waals surface area contributed by atoms with E-state index in [4.69, 9.17) is 23.2 Å². The van der Waals surface area contributed by atoms with Crippen molar-refractivity contribution in [1.29, 1.82) is 0 Å². The standard InChI is InChI=1S/C20H21Cl2N3O2/c1-20(2,14-6-4-3-5-7-14)19(27)25-12-10-24(11-13-25)18(26)17-15(21)8-9-16(22)23-17/h3-9H,10-13H2,1-2H3. The summed E-state index contributed by atoms with van der Waals surface area (Å²) in [4.78, 5) is 33.2. The van der Waals surface area contributed by atoms with Crippen molar-refractivity contribution in [1.82, 2.24) is 14.8 Å². The minimum Gasteiger partial charge on any atom is -0.338 e. The van der Waals surface area contributed by atoms with Gasteiger partial charge in [-0.15, -0.1) is 0 Å². The third-order valence-electron chi connectivity index (χ3n) is 4.90. The Labute approximate surface area is 168 Å². The fourth-order valence-corrected chi connectivity index (χ4v) is 3.54. The Balaban J connectivity index is 1.67. The lowest BCUT2D eigenvalue weighted by Crippen LogP contribution is -2.54. The Morgan fingerprint density at radius 2 is 1.52 bits per heavy atom. The number of hydrogen-bond acceptors (Lipinski definition) is 3. The first-order valence-corrected chi connectivity index (χ1v) is 9.52. The Morgan fingerprint density at radius 3 is 2.15 bits per heavy atom. The Morgan fingerprint density at radius 1 is 0.926 bits per heavy atom.